The lowest BCUT2D eigenvalue weighted by atomic mass is 10.4. The molecule has 0 aliphatic carbocycles. The van der Waals surface area contributed by atoms with E-state index in [1.807, 2.05) is 0 Å². The maximum atomic E-state index is 7.36. The molecule has 0 aliphatic rings. The molecule has 0 aliphatic heterocycles. The maximum absolute atomic E-state index is 7.36. The molecule has 0 spiro atoms. The van der Waals surface area contributed by atoms with Crippen LogP contribution in [0.5, 0.6) is 0 Å². The van der Waals surface area contributed by atoms with E-state index in [1.165, 1.54) is 16.4 Å². The van der Waals surface area contributed by atoms with Gasteiger partial charge in [0.25, 0.3) is 0 Å². The third-order valence-corrected chi connectivity index (χ3v) is 18.7. The summed E-state index contributed by atoms with van der Waals surface area (Å²) in [6, 6.07) is 22.7. The second-order valence-corrected chi connectivity index (χ2v) is 30.9. The summed E-state index contributed by atoms with van der Waals surface area (Å²) in [5, 5.41) is 2.40. The highest BCUT2D eigenvalue weighted by molar-refractivity contribution is 7.03. The molecule has 0 fully saturated rings. The number of hydrogen-bond donors (Lipinski definition) is 0. The van der Waals surface area contributed by atoms with Crippen molar-refractivity contribution in [3.63, 3.8) is 0 Å². The Morgan fingerprint density at radius 2 is 1.06 bits per heavy atom. The standard InChI is InChI=1S/C26H44O2Si5/c1-29(2)21-16-22-31(6,7)27-33(25-17-12-10-13-18-25,26-19-14-11-15-20-26)28-32(8,9)24-23-30(3,4)5/h10-20,22-24,29H,21H2,1-9H3. The summed E-state index contributed by atoms with van der Waals surface area (Å²) in [6.45, 7) is 21.2. The van der Waals surface area contributed by atoms with Crippen molar-refractivity contribution in [2.75, 3.05) is 0 Å². The molecular formula is C26H44O2Si5. The first-order valence-electron chi connectivity index (χ1n) is 12.1. The molecule has 0 N–H and O–H groups in total. The molecule has 7 heteroatoms. The fourth-order valence-corrected chi connectivity index (χ4v) is 19.4. The van der Waals surface area contributed by atoms with E-state index in [-0.39, 0.29) is 0 Å². The van der Waals surface area contributed by atoms with E-state index < -0.39 is 42.1 Å². The minimum atomic E-state index is -2.94. The van der Waals surface area contributed by atoms with Crippen molar-refractivity contribution in [2.24, 2.45) is 0 Å². The van der Waals surface area contributed by atoms with Crippen molar-refractivity contribution in [1.82, 2.24) is 0 Å². The Hall–Kier alpha value is -1.08. The largest absolute Gasteiger partial charge is 0.426 e. The quantitative estimate of drug-likeness (QED) is 0.321. The monoisotopic (exact) mass is 528 g/mol. The van der Waals surface area contributed by atoms with Crippen LogP contribution >= 0.6 is 0 Å². The van der Waals surface area contributed by atoms with Gasteiger partial charge in [-0.1, -0.05) is 111 Å². The van der Waals surface area contributed by atoms with Gasteiger partial charge in [-0.2, -0.15) is 0 Å². The van der Waals surface area contributed by atoms with Gasteiger partial charge in [0, 0.05) is 8.80 Å². The number of allylic oxidation sites excluding steroid dienone is 1. The predicted octanol–water partition coefficient (Wildman–Crippen LogP) is 6.24. The van der Waals surface area contributed by atoms with Crippen LogP contribution in [0.25, 0.3) is 0 Å². The Balaban J connectivity index is 2.64. The third kappa shape index (κ3) is 9.24. The summed E-state index contributed by atoms with van der Waals surface area (Å²) in [4.78, 5) is 0. The summed E-state index contributed by atoms with van der Waals surface area (Å²) >= 11 is 0. The van der Waals surface area contributed by atoms with Crippen LogP contribution in [0.1, 0.15) is 0 Å². The average molecular weight is 529 g/mol. The highest BCUT2D eigenvalue weighted by Gasteiger charge is 2.49. The first-order valence-corrected chi connectivity index (χ1v) is 26.6. The zero-order valence-corrected chi connectivity index (χ0v) is 27.3. The van der Waals surface area contributed by atoms with Crippen LogP contribution in [0.4, 0.5) is 0 Å². The molecule has 0 heterocycles. The van der Waals surface area contributed by atoms with E-state index in [0.717, 1.165) is 0 Å². The lowest BCUT2D eigenvalue weighted by molar-refractivity contribution is 0.418. The van der Waals surface area contributed by atoms with Crippen molar-refractivity contribution in [3.05, 3.63) is 83.8 Å². The molecule has 2 rings (SSSR count). The van der Waals surface area contributed by atoms with Gasteiger partial charge in [0.15, 0.2) is 8.32 Å². The molecule has 0 unspecified atom stereocenters. The number of hydrogen-bond acceptors (Lipinski definition) is 2. The molecule has 0 atom stereocenters. The zero-order valence-electron chi connectivity index (χ0n) is 22.2. The van der Waals surface area contributed by atoms with Crippen LogP contribution in [-0.4, -0.2) is 42.1 Å². The smallest absolute Gasteiger partial charge is 0.386 e. The summed E-state index contributed by atoms with van der Waals surface area (Å²) in [7, 11) is -9.21. The minimum Gasteiger partial charge on any atom is -0.426 e. The summed E-state index contributed by atoms with van der Waals surface area (Å²) in [5.41, 5.74) is 7.25. The summed E-state index contributed by atoms with van der Waals surface area (Å²) in [5.74, 6) is 0. The van der Waals surface area contributed by atoms with Crippen molar-refractivity contribution >= 4 is 52.4 Å². The molecule has 2 nitrogen and oxygen atoms in total. The zero-order chi connectivity index (χ0) is 24.8. The highest BCUT2D eigenvalue weighted by Crippen LogP contribution is 2.24. The maximum Gasteiger partial charge on any atom is 0.386 e. The van der Waals surface area contributed by atoms with Gasteiger partial charge in [-0.15, -0.1) is 5.70 Å². The van der Waals surface area contributed by atoms with E-state index in [1.54, 1.807) is 0 Å². The lowest BCUT2D eigenvalue weighted by Crippen LogP contribution is -2.70. The molecule has 33 heavy (non-hydrogen) atoms. The fraction of sp³-hybridized carbons (Fsp3) is 0.385. The molecule has 0 radical (unpaired) electrons. The normalized spacial score (nSPS) is 14.0. The van der Waals surface area contributed by atoms with Gasteiger partial charge in [0.2, 0.25) is 8.32 Å². The van der Waals surface area contributed by atoms with Crippen molar-refractivity contribution in [3.8, 4) is 0 Å². The van der Waals surface area contributed by atoms with Gasteiger partial charge in [0.05, 0.1) is 8.07 Å². The van der Waals surface area contributed by atoms with E-state index >= 15 is 0 Å². The lowest BCUT2D eigenvalue weighted by Gasteiger charge is -2.41. The Morgan fingerprint density at radius 1 is 0.636 bits per heavy atom. The Labute approximate surface area is 208 Å². The van der Waals surface area contributed by atoms with Crippen LogP contribution in [0.15, 0.2) is 83.8 Å². The third-order valence-electron chi connectivity index (χ3n) is 5.23. The number of rotatable bonds is 11. The molecule has 0 amide bonds. The molecule has 0 aromatic heterocycles. The molecule has 2 aromatic carbocycles. The second kappa shape index (κ2) is 11.6. The van der Waals surface area contributed by atoms with Crippen molar-refractivity contribution in [1.29, 1.82) is 0 Å². The topological polar surface area (TPSA) is 18.5 Å². The van der Waals surface area contributed by atoms with Gasteiger partial charge in [-0.3, -0.25) is 0 Å². The van der Waals surface area contributed by atoms with E-state index in [9.17, 15) is 0 Å². The average Bonchev–Trinajstić information content (AvgIpc) is 2.72. The van der Waals surface area contributed by atoms with Crippen LogP contribution in [0.3, 0.4) is 0 Å². The van der Waals surface area contributed by atoms with Gasteiger partial charge >= 0.3 is 8.56 Å². The van der Waals surface area contributed by atoms with Crippen LogP contribution < -0.4 is 10.4 Å². The molecule has 0 saturated heterocycles. The van der Waals surface area contributed by atoms with Crippen LogP contribution in [0, 0.1) is 0 Å². The Morgan fingerprint density at radius 3 is 1.45 bits per heavy atom. The first-order chi connectivity index (χ1) is 15.2. The van der Waals surface area contributed by atoms with Gasteiger partial charge in [0.1, 0.15) is 0 Å². The van der Waals surface area contributed by atoms with Gasteiger partial charge < -0.3 is 8.23 Å². The molecule has 2 aromatic rings. The summed E-state index contributed by atoms with van der Waals surface area (Å²) < 4.78 is 14.7. The SMILES string of the molecule is C[SiH](C)CC=C[Si](C)(C)O[Si](O[Si](C)(C)C=C[Si](C)(C)C)(c1ccccc1)c1ccccc1. The minimum absolute atomic E-state index is 0.631. The van der Waals surface area contributed by atoms with Crippen molar-refractivity contribution in [2.45, 2.75) is 65.0 Å². The van der Waals surface area contributed by atoms with E-state index in [2.05, 4.69) is 143 Å². The van der Waals surface area contributed by atoms with E-state index in [0.29, 0.717) is 0 Å². The Kier molecular flexibility index (Phi) is 9.87. The van der Waals surface area contributed by atoms with Crippen LogP contribution in [0.2, 0.25) is 65.0 Å². The second-order valence-electron chi connectivity index (χ2n) is 11.5. The first kappa shape index (κ1) is 28.2. The molecule has 0 bridgehead atoms. The fourth-order valence-electron chi connectivity index (χ4n) is 3.62. The van der Waals surface area contributed by atoms with E-state index in [4.69, 9.17) is 8.23 Å². The van der Waals surface area contributed by atoms with Gasteiger partial charge in [-0.05, 0) is 42.6 Å². The van der Waals surface area contributed by atoms with Crippen LogP contribution in [-0.2, 0) is 8.23 Å². The molecule has 180 valence electrons. The predicted molar refractivity (Wildman–Crippen MR) is 160 cm³/mol. The van der Waals surface area contributed by atoms with Gasteiger partial charge in [-0.25, -0.2) is 0 Å². The Bertz CT molecular complexity index is 877. The summed E-state index contributed by atoms with van der Waals surface area (Å²) in [6.07, 6.45) is 2.38. The molecular weight excluding hydrogens is 485 g/mol. The van der Waals surface area contributed by atoms with Crippen molar-refractivity contribution < 1.29 is 8.23 Å². The highest BCUT2D eigenvalue weighted by atomic mass is 28.5. The molecule has 0 saturated carbocycles. The number of benzene rings is 2.